The first-order valence-corrected chi connectivity index (χ1v) is 7.12. The fraction of sp³-hybridized carbons (Fsp3) is 0.0526. The van der Waals surface area contributed by atoms with E-state index in [4.69, 9.17) is 0 Å². The van der Waals surface area contributed by atoms with Crippen molar-refractivity contribution in [2.45, 2.75) is 0 Å². The fourth-order valence-electron chi connectivity index (χ4n) is 2.89. The number of hydrogen-bond donors (Lipinski definition) is 1. The van der Waals surface area contributed by atoms with Crippen molar-refractivity contribution >= 4 is 23.0 Å². The highest BCUT2D eigenvalue weighted by atomic mass is 14.9. The van der Waals surface area contributed by atoms with Crippen LogP contribution in [-0.4, -0.2) is 4.57 Å². The largest absolute Gasteiger partial charge is 0.355 e. The highest BCUT2D eigenvalue weighted by Gasteiger charge is 2.16. The molecule has 0 saturated heterocycles. The van der Waals surface area contributed by atoms with Crippen LogP contribution in [0, 0.1) is 0 Å². The molecule has 0 radical (unpaired) electrons. The molecule has 1 aliphatic rings. The predicted molar refractivity (Wildman–Crippen MR) is 88.6 cm³/mol. The number of nitrogens with zero attached hydrogens (tertiary/aromatic N) is 1. The summed E-state index contributed by atoms with van der Waals surface area (Å²) in [7, 11) is 2.09. The van der Waals surface area contributed by atoms with Crippen molar-refractivity contribution in [3.63, 3.8) is 0 Å². The van der Waals surface area contributed by atoms with Gasteiger partial charge in [-0.3, -0.25) is 0 Å². The first-order valence-electron chi connectivity index (χ1n) is 7.12. The van der Waals surface area contributed by atoms with Gasteiger partial charge in [0.1, 0.15) is 0 Å². The van der Waals surface area contributed by atoms with E-state index >= 15 is 0 Å². The highest BCUT2D eigenvalue weighted by molar-refractivity contribution is 5.99. The van der Waals surface area contributed by atoms with Crippen LogP contribution in [0.4, 0.5) is 11.4 Å². The molecule has 1 N–H and O–H groups in total. The second-order valence-corrected chi connectivity index (χ2v) is 5.32. The summed E-state index contributed by atoms with van der Waals surface area (Å²) >= 11 is 0. The Kier molecular flexibility index (Phi) is 2.68. The molecule has 0 atom stereocenters. The maximum atomic E-state index is 3.55. The van der Waals surface area contributed by atoms with Gasteiger partial charge < -0.3 is 9.88 Å². The lowest BCUT2D eigenvalue weighted by Crippen LogP contribution is -1.97. The fourth-order valence-corrected chi connectivity index (χ4v) is 2.89. The van der Waals surface area contributed by atoms with Crippen molar-refractivity contribution in [2.75, 3.05) is 5.32 Å². The summed E-state index contributed by atoms with van der Waals surface area (Å²) < 4.78 is 2.16. The van der Waals surface area contributed by atoms with E-state index < -0.39 is 0 Å². The van der Waals surface area contributed by atoms with Crippen molar-refractivity contribution < 1.29 is 0 Å². The number of nitrogens with one attached hydrogen (secondary N) is 1. The Morgan fingerprint density at radius 3 is 2.38 bits per heavy atom. The third-order valence-corrected chi connectivity index (χ3v) is 3.97. The summed E-state index contributed by atoms with van der Waals surface area (Å²) in [5, 5.41) is 3.55. The monoisotopic (exact) mass is 272 g/mol. The van der Waals surface area contributed by atoms with E-state index in [1.807, 2.05) is 0 Å². The molecule has 0 unspecified atom stereocenters. The Morgan fingerprint density at radius 1 is 0.810 bits per heavy atom. The van der Waals surface area contributed by atoms with E-state index in [0.717, 1.165) is 11.4 Å². The van der Waals surface area contributed by atoms with E-state index in [1.54, 1.807) is 0 Å². The highest BCUT2D eigenvalue weighted by Crippen LogP contribution is 2.37. The van der Waals surface area contributed by atoms with Crippen LogP contribution in [0.15, 0.2) is 66.9 Å². The molecular formula is C19H16N2. The van der Waals surface area contributed by atoms with E-state index in [9.17, 15) is 0 Å². The quantitative estimate of drug-likeness (QED) is 0.533. The van der Waals surface area contributed by atoms with Crippen molar-refractivity contribution in [1.29, 1.82) is 0 Å². The second-order valence-electron chi connectivity index (χ2n) is 5.32. The third kappa shape index (κ3) is 1.96. The number of para-hydroxylation sites is 2. The van der Waals surface area contributed by atoms with Crippen LogP contribution in [0.2, 0.25) is 0 Å². The lowest BCUT2D eigenvalue weighted by Gasteiger charge is -2.12. The lowest BCUT2D eigenvalue weighted by molar-refractivity contribution is 0.910. The molecule has 0 bridgehead atoms. The van der Waals surface area contributed by atoms with Gasteiger partial charge in [0.15, 0.2) is 0 Å². The van der Waals surface area contributed by atoms with E-state index in [0.29, 0.717) is 0 Å². The zero-order valence-corrected chi connectivity index (χ0v) is 11.9. The molecule has 1 aliphatic heterocycles. The molecule has 1 aromatic heterocycles. The van der Waals surface area contributed by atoms with Crippen LogP contribution < -0.4 is 5.32 Å². The molecule has 102 valence electrons. The van der Waals surface area contributed by atoms with Gasteiger partial charge in [-0.2, -0.15) is 0 Å². The molecule has 0 spiro atoms. The van der Waals surface area contributed by atoms with Gasteiger partial charge in [0, 0.05) is 41.4 Å². The van der Waals surface area contributed by atoms with Crippen LogP contribution >= 0.6 is 0 Å². The average Bonchev–Trinajstić information content (AvgIpc) is 2.85. The maximum Gasteiger partial charge on any atom is 0.0484 e. The minimum atomic E-state index is 1.15. The van der Waals surface area contributed by atoms with Gasteiger partial charge in [-0.05, 0) is 35.9 Å². The van der Waals surface area contributed by atoms with Crippen molar-refractivity contribution in [3.8, 4) is 0 Å². The standard InChI is InChI=1S/C19H16N2/c1-21-12-6-11-19(21)16-13-14-7-2-4-9-17(14)20-18-10-5-3-8-15(16)18/h2-13,20H,1H3. The molecule has 2 nitrogen and oxygen atoms in total. The van der Waals surface area contributed by atoms with Crippen molar-refractivity contribution in [2.24, 2.45) is 7.05 Å². The third-order valence-electron chi connectivity index (χ3n) is 3.97. The summed E-state index contributed by atoms with van der Waals surface area (Å²) in [5.41, 5.74) is 7.21. The molecular weight excluding hydrogens is 256 g/mol. The lowest BCUT2D eigenvalue weighted by atomic mass is 9.99. The Morgan fingerprint density at radius 2 is 1.57 bits per heavy atom. The molecule has 2 heteroatoms. The molecule has 4 rings (SSSR count). The number of hydrogen-bond acceptors (Lipinski definition) is 1. The van der Waals surface area contributed by atoms with E-state index in [2.05, 4.69) is 89.9 Å². The topological polar surface area (TPSA) is 17.0 Å². The zero-order chi connectivity index (χ0) is 14.2. The van der Waals surface area contributed by atoms with Gasteiger partial charge in [-0.1, -0.05) is 36.4 Å². The summed E-state index contributed by atoms with van der Waals surface area (Å²) in [6.45, 7) is 0. The number of aromatic nitrogens is 1. The minimum absolute atomic E-state index is 1.15. The molecule has 2 aromatic carbocycles. The number of anilines is 2. The molecule has 0 amide bonds. The molecule has 2 heterocycles. The smallest absolute Gasteiger partial charge is 0.0484 e. The van der Waals surface area contributed by atoms with Crippen LogP contribution in [0.5, 0.6) is 0 Å². The minimum Gasteiger partial charge on any atom is -0.355 e. The Balaban J connectivity index is 2.03. The second kappa shape index (κ2) is 4.67. The summed E-state index contributed by atoms with van der Waals surface area (Å²) in [4.78, 5) is 0. The maximum absolute atomic E-state index is 3.55. The van der Waals surface area contributed by atoms with Gasteiger partial charge in [0.25, 0.3) is 0 Å². The molecule has 0 saturated carbocycles. The van der Waals surface area contributed by atoms with Crippen LogP contribution in [0.1, 0.15) is 16.8 Å². The first kappa shape index (κ1) is 12.0. The van der Waals surface area contributed by atoms with E-state index in [-0.39, 0.29) is 0 Å². The summed E-state index contributed by atoms with van der Waals surface area (Å²) in [5.74, 6) is 0. The van der Waals surface area contributed by atoms with E-state index in [1.165, 1.54) is 22.4 Å². The van der Waals surface area contributed by atoms with Gasteiger partial charge in [0.05, 0.1) is 0 Å². The Hall–Kier alpha value is -2.74. The van der Waals surface area contributed by atoms with Gasteiger partial charge in [0.2, 0.25) is 0 Å². The van der Waals surface area contributed by atoms with Gasteiger partial charge >= 0.3 is 0 Å². The van der Waals surface area contributed by atoms with Crippen LogP contribution in [0.3, 0.4) is 0 Å². The molecule has 3 aromatic rings. The number of benzene rings is 2. The Bertz CT molecular complexity index is 840. The molecule has 0 fully saturated rings. The van der Waals surface area contributed by atoms with Crippen molar-refractivity contribution in [3.05, 3.63) is 83.7 Å². The SMILES string of the molecule is Cn1cccc1C1=Cc2ccccc2Nc2ccccc21. The van der Waals surface area contributed by atoms with Crippen molar-refractivity contribution in [1.82, 2.24) is 4.57 Å². The number of aryl methyl sites for hydroxylation is 1. The number of rotatable bonds is 1. The van der Waals surface area contributed by atoms with Gasteiger partial charge in [-0.15, -0.1) is 0 Å². The first-order chi connectivity index (χ1) is 10.3. The summed E-state index contributed by atoms with van der Waals surface area (Å²) in [6, 6.07) is 21.1. The predicted octanol–water partition coefficient (Wildman–Crippen LogP) is 4.67. The average molecular weight is 272 g/mol. The van der Waals surface area contributed by atoms with Crippen LogP contribution in [0.25, 0.3) is 11.6 Å². The number of fused-ring (bicyclic) bond motifs is 2. The zero-order valence-electron chi connectivity index (χ0n) is 11.9. The van der Waals surface area contributed by atoms with Crippen LogP contribution in [-0.2, 0) is 7.05 Å². The molecule has 21 heavy (non-hydrogen) atoms. The normalized spacial score (nSPS) is 12.7. The Labute approximate surface area is 124 Å². The van der Waals surface area contributed by atoms with Gasteiger partial charge in [-0.25, -0.2) is 0 Å². The summed E-state index contributed by atoms with van der Waals surface area (Å²) in [6.07, 6.45) is 4.35. The molecule has 0 aliphatic carbocycles.